The van der Waals surface area contributed by atoms with Gasteiger partial charge < -0.3 is 14.8 Å². The molecule has 1 heterocycles. The lowest BCUT2D eigenvalue weighted by Gasteiger charge is -2.26. The molecule has 1 saturated heterocycles. The summed E-state index contributed by atoms with van der Waals surface area (Å²) in [4.78, 5) is 22.7. The van der Waals surface area contributed by atoms with Crippen LogP contribution in [-0.2, 0) is 33.4 Å². The van der Waals surface area contributed by atoms with Crippen molar-refractivity contribution in [2.75, 3.05) is 19.8 Å². The predicted octanol–water partition coefficient (Wildman–Crippen LogP) is -0.00990. The van der Waals surface area contributed by atoms with E-state index >= 15 is 0 Å². The Bertz CT molecular complexity index is 687. The largest absolute Gasteiger partial charge is 0.461 e. The summed E-state index contributed by atoms with van der Waals surface area (Å²) in [7, 11) is -3.54. The molecule has 3 aliphatic rings. The molecule has 2 bridgehead atoms. The first-order valence-corrected chi connectivity index (χ1v) is 9.75. The van der Waals surface area contributed by atoms with Gasteiger partial charge >= 0.3 is 5.97 Å². The highest BCUT2D eigenvalue weighted by Crippen LogP contribution is 2.64. The topological polar surface area (TPSA) is 108 Å². The van der Waals surface area contributed by atoms with Crippen molar-refractivity contribution >= 4 is 22.0 Å². The fraction of sp³-hybridized carbons (Fsp3) is 0.750. The van der Waals surface area contributed by atoms with Crippen LogP contribution in [0.2, 0.25) is 0 Å². The van der Waals surface area contributed by atoms with Crippen LogP contribution in [-0.4, -0.2) is 57.5 Å². The number of amides is 1. The third-order valence-corrected chi connectivity index (χ3v) is 7.35. The first-order chi connectivity index (χ1) is 11.7. The summed E-state index contributed by atoms with van der Waals surface area (Å²) in [6, 6.07) is 0. The van der Waals surface area contributed by atoms with Crippen molar-refractivity contribution < 1.29 is 31.7 Å². The van der Waals surface area contributed by atoms with Gasteiger partial charge in [-0.3, -0.25) is 8.98 Å². The standard InChI is InChI=1S/C16H23NO7S/c1-4-12(19)22-6-5-17-11(18)8-23-14-9-7-10-13(16(9,2)3)15(14)24-25(10,20)21/h4,9-10,13-15H,1,5-8H2,2-3H3,(H,17,18). The second-order valence-electron chi connectivity index (χ2n) is 7.28. The molecule has 9 heteroatoms. The number of carbonyl (C=O) groups is 2. The van der Waals surface area contributed by atoms with E-state index in [9.17, 15) is 18.0 Å². The first-order valence-electron chi connectivity index (χ1n) is 8.28. The zero-order valence-electron chi connectivity index (χ0n) is 14.3. The van der Waals surface area contributed by atoms with E-state index in [0.717, 1.165) is 6.08 Å². The molecule has 140 valence electrons. The van der Waals surface area contributed by atoms with E-state index in [1.807, 2.05) is 13.8 Å². The molecule has 3 rings (SSSR count). The van der Waals surface area contributed by atoms with E-state index in [4.69, 9.17) is 13.7 Å². The van der Waals surface area contributed by atoms with Crippen LogP contribution >= 0.6 is 0 Å². The lowest BCUT2D eigenvalue weighted by Crippen LogP contribution is -2.39. The minimum atomic E-state index is -3.54. The van der Waals surface area contributed by atoms with Gasteiger partial charge in [-0.2, -0.15) is 8.42 Å². The highest BCUT2D eigenvalue weighted by molar-refractivity contribution is 7.87. The molecular weight excluding hydrogens is 350 g/mol. The molecule has 8 nitrogen and oxygen atoms in total. The van der Waals surface area contributed by atoms with Crippen molar-refractivity contribution in [3.8, 4) is 0 Å². The number of nitrogens with one attached hydrogen (secondary N) is 1. The van der Waals surface area contributed by atoms with Crippen molar-refractivity contribution in [3.05, 3.63) is 12.7 Å². The monoisotopic (exact) mass is 373 g/mol. The maximum Gasteiger partial charge on any atom is 0.330 e. The van der Waals surface area contributed by atoms with Crippen molar-refractivity contribution in [3.63, 3.8) is 0 Å². The van der Waals surface area contributed by atoms with Crippen molar-refractivity contribution in [2.24, 2.45) is 17.3 Å². The van der Waals surface area contributed by atoms with Gasteiger partial charge in [0, 0.05) is 12.0 Å². The smallest absolute Gasteiger partial charge is 0.330 e. The molecule has 5 atom stereocenters. The van der Waals surface area contributed by atoms with Gasteiger partial charge in [-0.05, 0) is 17.8 Å². The summed E-state index contributed by atoms with van der Waals surface area (Å²) in [5.41, 5.74) is -0.196. The molecule has 0 spiro atoms. The molecule has 0 radical (unpaired) electrons. The van der Waals surface area contributed by atoms with Crippen LogP contribution in [0.15, 0.2) is 12.7 Å². The van der Waals surface area contributed by atoms with E-state index in [-0.39, 0.29) is 42.9 Å². The molecule has 3 fully saturated rings. The average molecular weight is 373 g/mol. The summed E-state index contributed by atoms with van der Waals surface area (Å²) < 4.78 is 40.0. The second-order valence-corrected chi connectivity index (χ2v) is 9.06. The summed E-state index contributed by atoms with van der Waals surface area (Å²) in [6.07, 6.45) is 0.647. The minimum absolute atomic E-state index is 0.0451. The lowest BCUT2D eigenvalue weighted by molar-refractivity contribution is -0.139. The highest BCUT2D eigenvalue weighted by atomic mass is 32.2. The molecule has 25 heavy (non-hydrogen) atoms. The molecule has 5 unspecified atom stereocenters. The maximum absolute atomic E-state index is 12.1. The van der Waals surface area contributed by atoms with Gasteiger partial charge in [0.2, 0.25) is 5.91 Å². The van der Waals surface area contributed by atoms with Gasteiger partial charge in [0.1, 0.15) is 19.3 Å². The average Bonchev–Trinajstić information content (AvgIpc) is 3.01. The number of fused-ring (bicyclic) bond motifs is 1. The highest BCUT2D eigenvalue weighted by Gasteiger charge is 2.72. The normalized spacial score (nSPS) is 36.2. The maximum atomic E-state index is 12.1. The third-order valence-electron chi connectivity index (χ3n) is 5.63. The van der Waals surface area contributed by atoms with Gasteiger partial charge in [-0.1, -0.05) is 20.4 Å². The quantitative estimate of drug-likeness (QED) is 0.289. The van der Waals surface area contributed by atoms with Crippen LogP contribution in [0.25, 0.3) is 0 Å². The fourth-order valence-electron chi connectivity index (χ4n) is 4.53. The van der Waals surface area contributed by atoms with Gasteiger partial charge in [0.05, 0.1) is 17.9 Å². The summed E-state index contributed by atoms with van der Waals surface area (Å²) >= 11 is 0. The summed E-state index contributed by atoms with van der Waals surface area (Å²) in [5, 5.41) is 2.12. The Hall–Kier alpha value is -1.45. The number of hydrogen-bond acceptors (Lipinski definition) is 7. The third kappa shape index (κ3) is 3.09. The Kier molecular flexibility index (Phi) is 4.67. The summed E-state index contributed by atoms with van der Waals surface area (Å²) in [5.74, 6) is -0.948. The molecule has 0 aromatic rings. The Morgan fingerprint density at radius 3 is 2.80 bits per heavy atom. The number of ether oxygens (including phenoxy) is 2. The number of esters is 1. The van der Waals surface area contributed by atoms with Crippen molar-refractivity contribution in [1.82, 2.24) is 5.32 Å². The van der Waals surface area contributed by atoms with E-state index in [1.54, 1.807) is 0 Å². The van der Waals surface area contributed by atoms with E-state index in [1.165, 1.54) is 0 Å². The Balaban J connectivity index is 1.50. The molecular formula is C16H23NO7S. The molecule has 2 saturated carbocycles. The molecule has 0 aromatic heterocycles. The van der Waals surface area contributed by atoms with E-state index in [2.05, 4.69) is 11.9 Å². The van der Waals surface area contributed by atoms with Crippen LogP contribution in [0.4, 0.5) is 0 Å². The van der Waals surface area contributed by atoms with Crippen molar-refractivity contribution in [2.45, 2.75) is 37.7 Å². The summed E-state index contributed by atoms with van der Waals surface area (Å²) in [6.45, 7) is 7.37. The Morgan fingerprint density at radius 1 is 1.40 bits per heavy atom. The zero-order valence-corrected chi connectivity index (χ0v) is 15.1. The molecule has 1 amide bonds. The minimum Gasteiger partial charge on any atom is -0.461 e. The molecule has 2 aliphatic carbocycles. The lowest BCUT2D eigenvalue weighted by atomic mass is 9.81. The van der Waals surface area contributed by atoms with Crippen LogP contribution in [0.3, 0.4) is 0 Å². The zero-order chi connectivity index (χ0) is 18.4. The predicted molar refractivity (Wildman–Crippen MR) is 86.9 cm³/mol. The Morgan fingerprint density at radius 2 is 2.12 bits per heavy atom. The number of hydrogen-bond donors (Lipinski definition) is 1. The van der Waals surface area contributed by atoms with Gasteiger partial charge in [-0.15, -0.1) is 0 Å². The van der Waals surface area contributed by atoms with Crippen LogP contribution in [0.5, 0.6) is 0 Å². The van der Waals surface area contributed by atoms with Gasteiger partial charge in [0.25, 0.3) is 10.1 Å². The van der Waals surface area contributed by atoms with Crippen LogP contribution in [0, 0.1) is 17.3 Å². The molecule has 1 aliphatic heterocycles. The van der Waals surface area contributed by atoms with Gasteiger partial charge in [-0.25, -0.2) is 4.79 Å². The fourth-order valence-corrected chi connectivity index (χ4v) is 6.52. The van der Waals surface area contributed by atoms with Crippen LogP contribution in [0.1, 0.15) is 20.3 Å². The van der Waals surface area contributed by atoms with E-state index < -0.39 is 33.5 Å². The number of carbonyl (C=O) groups excluding carboxylic acids is 2. The molecule has 1 N–H and O–H groups in total. The first kappa shape index (κ1) is 18.3. The van der Waals surface area contributed by atoms with E-state index in [0.29, 0.717) is 6.42 Å². The molecule has 0 aromatic carbocycles. The SMILES string of the molecule is C=CC(=O)OCCNC(=O)COC1C2OS(=O)(=O)C3CC1C(C)(C)C23. The second kappa shape index (κ2) is 6.37. The Labute approximate surface area is 147 Å². The van der Waals surface area contributed by atoms with Gasteiger partial charge in [0.15, 0.2) is 0 Å². The number of rotatable bonds is 7. The van der Waals surface area contributed by atoms with Crippen LogP contribution < -0.4 is 5.32 Å². The van der Waals surface area contributed by atoms with Crippen molar-refractivity contribution in [1.29, 1.82) is 0 Å².